The molecule has 1 heterocycles. The molecule has 3 N–H and O–H groups in total. The highest BCUT2D eigenvalue weighted by Crippen LogP contribution is 2.52. The number of likely N-dealkylation sites (tertiary alicyclic amines) is 1. The number of anilines is 1. The fraction of sp³-hybridized carbons (Fsp3) is 0.321. The Morgan fingerprint density at radius 2 is 1.62 bits per heavy atom. The molecule has 5 rings (SSSR count). The Balaban J connectivity index is 1.31. The largest absolute Gasteiger partial charge is 0.480 e. The van der Waals surface area contributed by atoms with Crippen molar-refractivity contribution in [1.82, 2.24) is 9.62 Å². The van der Waals surface area contributed by atoms with Crippen molar-refractivity contribution < 1.29 is 18.3 Å². The molecule has 2 fully saturated rings. The lowest BCUT2D eigenvalue weighted by molar-refractivity contribution is -0.140. The number of aliphatic carboxylic acids is 1. The molecule has 1 aliphatic heterocycles. The number of carboxylic acid groups (broad SMARTS) is 1. The molecule has 194 valence electrons. The zero-order chi connectivity index (χ0) is 26.2. The predicted molar refractivity (Wildman–Crippen MR) is 146 cm³/mol. The zero-order valence-electron chi connectivity index (χ0n) is 20.5. The first-order valence-corrected chi connectivity index (χ1v) is 14.2. The van der Waals surface area contributed by atoms with Crippen molar-refractivity contribution in [3.8, 4) is 11.1 Å². The van der Waals surface area contributed by atoms with Crippen molar-refractivity contribution >= 4 is 33.3 Å². The second-order valence-electron chi connectivity index (χ2n) is 10.0. The highest BCUT2D eigenvalue weighted by atomic mass is 35.5. The average Bonchev–Trinajstić information content (AvgIpc) is 3.61. The summed E-state index contributed by atoms with van der Waals surface area (Å²) in [6.07, 6.45) is 2.28. The molecular weight excluding hydrogens is 510 g/mol. The van der Waals surface area contributed by atoms with Crippen LogP contribution in [0.5, 0.6) is 0 Å². The van der Waals surface area contributed by atoms with E-state index in [0.717, 1.165) is 48.3 Å². The van der Waals surface area contributed by atoms with Gasteiger partial charge in [0.1, 0.15) is 5.54 Å². The maximum absolute atomic E-state index is 13.2. The summed E-state index contributed by atoms with van der Waals surface area (Å²) in [4.78, 5) is 14.6. The summed E-state index contributed by atoms with van der Waals surface area (Å²) < 4.78 is 28.9. The number of halogens is 1. The molecule has 2 aliphatic rings. The minimum atomic E-state index is -4.06. The van der Waals surface area contributed by atoms with Crippen molar-refractivity contribution in [1.29, 1.82) is 0 Å². The lowest BCUT2D eigenvalue weighted by Crippen LogP contribution is -2.44. The quantitative estimate of drug-likeness (QED) is 0.380. The highest BCUT2D eigenvalue weighted by Gasteiger charge is 2.63. The summed E-state index contributed by atoms with van der Waals surface area (Å²) >= 11 is 5.95. The number of carboxylic acids is 1. The number of rotatable bonds is 8. The van der Waals surface area contributed by atoms with Gasteiger partial charge in [-0.2, -0.15) is 4.72 Å². The lowest BCUT2D eigenvalue weighted by atomic mass is 10.0. The number of hydrogen-bond acceptors (Lipinski definition) is 5. The number of sulfonamides is 1. The molecule has 0 spiro atoms. The summed E-state index contributed by atoms with van der Waals surface area (Å²) in [7, 11) is -1.94. The Hall–Kier alpha value is -2.91. The molecule has 3 aromatic rings. The Labute approximate surface area is 222 Å². The maximum Gasteiger partial charge on any atom is 0.325 e. The Morgan fingerprint density at radius 3 is 2.24 bits per heavy atom. The van der Waals surface area contributed by atoms with Crippen LogP contribution in [0.3, 0.4) is 0 Å². The molecule has 7 nitrogen and oxygen atoms in total. The summed E-state index contributed by atoms with van der Waals surface area (Å²) in [5.74, 6) is -1.63. The van der Waals surface area contributed by atoms with Crippen LogP contribution in [-0.2, 0) is 14.8 Å². The van der Waals surface area contributed by atoms with Gasteiger partial charge in [-0.25, -0.2) is 8.42 Å². The van der Waals surface area contributed by atoms with Crippen LogP contribution in [0, 0.1) is 0 Å². The lowest BCUT2D eigenvalue weighted by Gasteiger charge is -2.30. The topological polar surface area (TPSA) is 98.7 Å². The third-order valence-electron chi connectivity index (χ3n) is 7.38. The standard InChI is InChI=1S/C28H30ClN3O4S/c1-32-15-13-23(14-16-32)30-24-4-2-3-21(17-24)26-18-28(26,27(33)34)31-37(35,36)25-11-7-20(8-12-25)19-5-9-22(29)10-6-19/h2-12,17,23,26,30-31H,13-16,18H2,1H3,(H,33,34)/t26-,28+/m0/s1. The van der Waals surface area contributed by atoms with Gasteiger partial charge in [0.05, 0.1) is 4.90 Å². The van der Waals surface area contributed by atoms with E-state index in [4.69, 9.17) is 11.6 Å². The smallest absolute Gasteiger partial charge is 0.325 e. The van der Waals surface area contributed by atoms with Crippen LogP contribution < -0.4 is 10.0 Å². The van der Waals surface area contributed by atoms with Gasteiger partial charge in [0.15, 0.2) is 0 Å². The Kier molecular flexibility index (Phi) is 7.02. The highest BCUT2D eigenvalue weighted by molar-refractivity contribution is 7.89. The number of piperidine rings is 1. The van der Waals surface area contributed by atoms with Crippen molar-refractivity contribution in [3.05, 3.63) is 83.4 Å². The number of benzene rings is 3. The molecule has 1 aliphatic carbocycles. The fourth-order valence-electron chi connectivity index (χ4n) is 5.06. The monoisotopic (exact) mass is 539 g/mol. The molecule has 0 amide bonds. The van der Waals surface area contributed by atoms with Gasteiger partial charge in [-0.05, 0) is 92.5 Å². The van der Waals surface area contributed by atoms with Crippen LogP contribution >= 0.6 is 11.6 Å². The van der Waals surface area contributed by atoms with Crippen molar-refractivity contribution in [2.45, 2.75) is 41.7 Å². The summed E-state index contributed by atoms with van der Waals surface area (Å²) in [6.45, 7) is 2.06. The van der Waals surface area contributed by atoms with Crippen LogP contribution in [0.15, 0.2) is 77.7 Å². The summed E-state index contributed by atoms with van der Waals surface area (Å²) in [5, 5.41) is 14.2. The van der Waals surface area contributed by atoms with Crippen LogP contribution in [0.1, 0.15) is 30.7 Å². The van der Waals surface area contributed by atoms with Gasteiger partial charge in [-0.1, -0.05) is 48.0 Å². The Morgan fingerprint density at radius 1 is 1.00 bits per heavy atom. The van der Waals surface area contributed by atoms with E-state index < -0.39 is 27.4 Å². The van der Waals surface area contributed by atoms with Crippen molar-refractivity contribution in [2.75, 3.05) is 25.5 Å². The van der Waals surface area contributed by atoms with Crippen LogP contribution in [0.25, 0.3) is 11.1 Å². The summed E-state index contributed by atoms with van der Waals surface area (Å²) in [5.41, 5.74) is 1.90. The van der Waals surface area contributed by atoms with Gasteiger partial charge in [0, 0.05) is 22.7 Å². The first-order valence-electron chi connectivity index (χ1n) is 12.3. The molecule has 0 radical (unpaired) electrons. The van der Waals surface area contributed by atoms with E-state index in [0.29, 0.717) is 11.1 Å². The molecular formula is C28H30ClN3O4S. The van der Waals surface area contributed by atoms with Gasteiger partial charge in [-0.3, -0.25) is 4.79 Å². The SMILES string of the molecule is CN1CCC(Nc2cccc([C@@H]3C[C@]3(NS(=O)(=O)c3ccc(-c4ccc(Cl)cc4)cc3)C(=O)O)c2)CC1. The number of nitrogens with zero attached hydrogens (tertiary/aromatic N) is 1. The van der Waals surface area contributed by atoms with Gasteiger partial charge in [0.25, 0.3) is 0 Å². The van der Waals surface area contributed by atoms with Gasteiger partial charge >= 0.3 is 5.97 Å². The second-order valence-corrected chi connectivity index (χ2v) is 12.1. The van der Waals surface area contributed by atoms with E-state index in [1.54, 1.807) is 24.3 Å². The van der Waals surface area contributed by atoms with E-state index in [1.165, 1.54) is 12.1 Å². The first kappa shape index (κ1) is 25.7. The molecule has 1 saturated heterocycles. The van der Waals surface area contributed by atoms with Gasteiger partial charge in [0.2, 0.25) is 10.0 Å². The predicted octanol–water partition coefficient (Wildman–Crippen LogP) is 4.80. The second kappa shape index (κ2) is 10.1. The zero-order valence-corrected chi connectivity index (χ0v) is 22.1. The van der Waals surface area contributed by atoms with Crippen LogP contribution in [-0.4, -0.2) is 56.1 Å². The normalized spacial score (nSPS) is 22.5. The van der Waals surface area contributed by atoms with Crippen molar-refractivity contribution in [2.24, 2.45) is 0 Å². The van der Waals surface area contributed by atoms with Gasteiger partial charge < -0.3 is 15.3 Å². The minimum absolute atomic E-state index is 0.0224. The van der Waals surface area contributed by atoms with E-state index in [-0.39, 0.29) is 11.3 Å². The van der Waals surface area contributed by atoms with E-state index in [9.17, 15) is 18.3 Å². The summed E-state index contributed by atoms with van der Waals surface area (Å²) in [6, 6.07) is 21.7. The average molecular weight is 540 g/mol. The molecule has 0 bridgehead atoms. The molecule has 0 aromatic heterocycles. The van der Waals surface area contributed by atoms with Crippen LogP contribution in [0.4, 0.5) is 5.69 Å². The molecule has 37 heavy (non-hydrogen) atoms. The van der Waals surface area contributed by atoms with Crippen LogP contribution in [0.2, 0.25) is 5.02 Å². The third-order valence-corrected chi connectivity index (χ3v) is 9.16. The van der Waals surface area contributed by atoms with E-state index in [2.05, 4.69) is 22.0 Å². The fourth-order valence-corrected chi connectivity index (χ4v) is 6.59. The van der Waals surface area contributed by atoms with E-state index in [1.807, 2.05) is 36.4 Å². The molecule has 0 unspecified atom stereocenters. The molecule has 9 heteroatoms. The van der Waals surface area contributed by atoms with Gasteiger partial charge in [-0.15, -0.1) is 0 Å². The Bertz CT molecular complexity index is 1390. The van der Waals surface area contributed by atoms with E-state index >= 15 is 0 Å². The van der Waals surface area contributed by atoms with Crippen molar-refractivity contribution in [3.63, 3.8) is 0 Å². The molecule has 2 atom stereocenters. The molecule has 3 aromatic carbocycles. The number of carbonyl (C=O) groups is 1. The minimum Gasteiger partial charge on any atom is -0.480 e. The first-order chi connectivity index (χ1) is 17.7. The number of hydrogen-bond donors (Lipinski definition) is 3. The number of nitrogens with one attached hydrogen (secondary N) is 2. The maximum atomic E-state index is 13.2. The third kappa shape index (κ3) is 5.52. The molecule has 1 saturated carbocycles.